The number of amides is 1. The molecule has 19 heavy (non-hydrogen) atoms. The van der Waals surface area contributed by atoms with Gasteiger partial charge in [0.15, 0.2) is 5.17 Å². The fraction of sp³-hybridized carbons (Fsp3) is 0.357. The number of carbonyl (C=O) groups is 1. The minimum Gasteiger partial charge on any atom is -0.351 e. The van der Waals surface area contributed by atoms with Crippen LogP contribution >= 0.6 is 11.8 Å². The van der Waals surface area contributed by atoms with E-state index < -0.39 is 0 Å². The first-order valence-electron chi connectivity index (χ1n) is 6.50. The molecule has 0 atom stereocenters. The average molecular weight is 273 g/mol. The summed E-state index contributed by atoms with van der Waals surface area (Å²) in [6.45, 7) is 2.03. The van der Waals surface area contributed by atoms with Crippen LogP contribution in [0.3, 0.4) is 0 Å². The lowest BCUT2D eigenvalue weighted by atomic mass is 10.1. The van der Waals surface area contributed by atoms with Crippen LogP contribution in [-0.4, -0.2) is 34.0 Å². The lowest BCUT2D eigenvalue weighted by Crippen LogP contribution is -2.33. The maximum Gasteiger partial charge on any atom is 0.286 e. The maximum atomic E-state index is 11.9. The lowest BCUT2D eigenvalue weighted by molar-refractivity contribution is -0.113. The van der Waals surface area contributed by atoms with Crippen LogP contribution in [0.15, 0.2) is 34.4 Å². The van der Waals surface area contributed by atoms with Gasteiger partial charge in [0.2, 0.25) is 0 Å². The topological polar surface area (TPSA) is 45.6 Å². The second-order valence-electron chi connectivity index (χ2n) is 4.64. The molecule has 0 unspecified atom stereocenters. The van der Waals surface area contributed by atoms with Crippen molar-refractivity contribution < 1.29 is 4.79 Å². The van der Waals surface area contributed by atoms with Crippen LogP contribution in [0.2, 0.25) is 0 Å². The number of likely N-dealkylation sites (tertiary alicyclic amines) is 1. The van der Waals surface area contributed by atoms with Crippen molar-refractivity contribution >= 4 is 28.9 Å². The number of rotatable bonds is 1. The van der Waals surface area contributed by atoms with E-state index in [1.807, 2.05) is 18.2 Å². The second kappa shape index (κ2) is 5.57. The molecule has 1 aromatic heterocycles. The van der Waals surface area contributed by atoms with Crippen LogP contribution < -0.4 is 0 Å². The van der Waals surface area contributed by atoms with Crippen molar-refractivity contribution in [1.29, 1.82) is 0 Å². The largest absolute Gasteiger partial charge is 0.351 e. The maximum absolute atomic E-state index is 11.9. The highest BCUT2D eigenvalue weighted by Crippen LogP contribution is 2.31. The van der Waals surface area contributed by atoms with E-state index in [1.165, 1.54) is 31.0 Å². The van der Waals surface area contributed by atoms with Gasteiger partial charge in [-0.2, -0.15) is 4.99 Å². The molecule has 3 rings (SSSR count). The van der Waals surface area contributed by atoms with Crippen molar-refractivity contribution in [2.45, 2.75) is 19.3 Å². The second-order valence-corrected chi connectivity index (χ2v) is 5.65. The van der Waals surface area contributed by atoms with E-state index in [0.29, 0.717) is 4.91 Å². The molecule has 3 heterocycles. The van der Waals surface area contributed by atoms with Gasteiger partial charge in [-0.3, -0.25) is 9.78 Å². The average Bonchev–Trinajstić information content (AvgIpc) is 2.82. The zero-order valence-corrected chi connectivity index (χ0v) is 11.4. The van der Waals surface area contributed by atoms with Gasteiger partial charge < -0.3 is 4.90 Å². The van der Waals surface area contributed by atoms with Crippen LogP contribution in [0, 0.1) is 0 Å². The molecule has 2 aliphatic heterocycles. The van der Waals surface area contributed by atoms with E-state index in [0.717, 1.165) is 23.8 Å². The minimum absolute atomic E-state index is 0.130. The van der Waals surface area contributed by atoms with Crippen LogP contribution in [0.4, 0.5) is 0 Å². The zero-order valence-electron chi connectivity index (χ0n) is 10.6. The number of hydrogen-bond donors (Lipinski definition) is 0. The van der Waals surface area contributed by atoms with Crippen molar-refractivity contribution in [3.8, 4) is 0 Å². The quantitative estimate of drug-likeness (QED) is 0.738. The summed E-state index contributed by atoms with van der Waals surface area (Å²) in [5, 5.41) is 0.861. The van der Waals surface area contributed by atoms with Crippen LogP contribution in [0.1, 0.15) is 24.8 Å². The van der Waals surface area contributed by atoms with Crippen LogP contribution in [0.5, 0.6) is 0 Å². The number of aromatic nitrogens is 1. The van der Waals surface area contributed by atoms with Gasteiger partial charge >= 0.3 is 0 Å². The fourth-order valence-electron chi connectivity index (χ4n) is 2.23. The molecule has 1 amide bonds. The molecule has 1 fully saturated rings. The first-order chi connectivity index (χ1) is 9.33. The van der Waals surface area contributed by atoms with Crippen molar-refractivity contribution in [2.75, 3.05) is 13.1 Å². The Balaban J connectivity index is 1.74. The Hall–Kier alpha value is -1.62. The van der Waals surface area contributed by atoms with Gasteiger partial charge in [0, 0.05) is 25.5 Å². The highest BCUT2D eigenvalue weighted by molar-refractivity contribution is 8.18. The minimum atomic E-state index is -0.130. The summed E-state index contributed by atoms with van der Waals surface area (Å²) in [6.07, 6.45) is 8.99. The Labute approximate surface area is 116 Å². The number of piperidine rings is 1. The molecule has 0 aromatic carbocycles. The molecular formula is C14H15N3OS. The Bertz CT molecular complexity index is 533. The molecule has 0 N–H and O–H groups in total. The molecular weight excluding hydrogens is 258 g/mol. The Kier molecular flexibility index (Phi) is 3.64. The van der Waals surface area contributed by atoms with Crippen LogP contribution in [0.25, 0.3) is 6.08 Å². The first kappa shape index (κ1) is 12.4. The summed E-state index contributed by atoms with van der Waals surface area (Å²) in [5.41, 5.74) is 0.938. The van der Waals surface area contributed by atoms with Gasteiger partial charge in [0.1, 0.15) is 0 Å². The standard InChI is InChI=1S/C14H15N3OS/c18-13-12(9-11-5-4-6-15-10-11)19-14(16-13)17-7-2-1-3-8-17/h4-6,9-10H,1-3,7-8H2/b12-9+. The third-order valence-electron chi connectivity index (χ3n) is 3.22. The summed E-state index contributed by atoms with van der Waals surface area (Å²) in [6, 6.07) is 3.80. The molecule has 2 aliphatic rings. The highest BCUT2D eigenvalue weighted by Gasteiger charge is 2.26. The van der Waals surface area contributed by atoms with Crippen molar-refractivity contribution in [3.63, 3.8) is 0 Å². The number of hydrogen-bond acceptors (Lipinski definition) is 4. The molecule has 0 radical (unpaired) electrons. The van der Waals surface area contributed by atoms with Gasteiger partial charge in [-0.05, 0) is 48.7 Å². The molecule has 98 valence electrons. The van der Waals surface area contributed by atoms with Crippen LogP contribution in [-0.2, 0) is 4.79 Å². The number of carbonyl (C=O) groups excluding carboxylic acids is 1. The molecule has 1 aromatic rings. The normalized spacial score (nSPS) is 21.9. The molecule has 0 bridgehead atoms. The predicted octanol–water partition coefficient (Wildman–Crippen LogP) is 2.54. The SMILES string of the molecule is O=C1N=C(N2CCCCC2)S/C1=C/c1cccnc1. The summed E-state index contributed by atoms with van der Waals surface area (Å²) in [5.74, 6) is -0.130. The van der Waals surface area contributed by atoms with E-state index in [9.17, 15) is 4.79 Å². The first-order valence-corrected chi connectivity index (χ1v) is 7.32. The Morgan fingerprint density at radius 1 is 1.26 bits per heavy atom. The van der Waals surface area contributed by atoms with E-state index in [4.69, 9.17) is 0 Å². The summed E-state index contributed by atoms with van der Waals surface area (Å²) in [4.78, 5) is 23.0. The van der Waals surface area contributed by atoms with Gasteiger partial charge in [-0.25, -0.2) is 0 Å². The van der Waals surface area contributed by atoms with Gasteiger partial charge in [0.05, 0.1) is 4.91 Å². The summed E-state index contributed by atoms with van der Waals surface area (Å²) >= 11 is 1.48. The lowest BCUT2D eigenvalue weighted by Gasteiger charge is -2.27. The highest BCUT2D eigenvalue weighted by atomic mass is 32.2. The third kappa shape index (κ3) is 2.87. The Morgan fingerprint density at radius 2 is 2.11 bits per heavy atom. The van der Waals surface area contributed by atoms with Crippen molar-refractivity contribution in [2.24, 2.45) is 4.99 Å². The van der Waals surface area contributed by atoms with Crippen molar-refractivity contribution in [1.82, 2.24) is 9.88 Å². The van der Waals surface area contributed by atoms with E-state index >= 15 is 0 Å². The van der Waals surface area contributed by atoms with Gasteiger partial charge in [0.25, 0.3) is 5.91 Å². The molecule has 0 aliphatic carbocycles. The number of aliphatic imine (C=N–C) groups is 1. The molecule has 1 saturated heterocycles. The molecule has 0 saturated carbocycles. The zero-order chi connectivity index (χ0) is 13.1. The van der Waals surface area contributed by atoms with E-state index in [2.05, 4.69) is 14.9 Å². The molecule has 4 nitrogen and oxygen atoms in total. The fourth-order valence-corrected chi connectivity index (χ4v) is 3.20. The summed E-state index contributed by atoms with van der Waals surface area (Å²) in [7, 11) is 0. The monoisotopic (exact) mass is 273 g/mol. The molecule has 5 heteroatoms. The third-order valence-corrected chi connectivity index (χ3v) is 4.26. The number of thioether (sulfide) groups is 1. The smallest absolute Gasteiger partial charge is 0.286 e. The van der Waals surface area contributed by atoms with E-state index in [-0.39, 0.29) is 5.91 Å². The van der Waals surface area contributed by atoms with Crippen molar-refractivity contribution in [3.05, 3.63) is 35.0 Å². The number of nitrogens with zero attached hydrogens (tertiary/aromatic N) is 3. The van der Waals surface area contributed by atoms with Gasteiger partial charge in [-0.15, -0.1) is 0 Å². The number of pyridine rings is 1. The number of amidine groups is 1. The summed E-state index contributed by atoms with van der Waals surface area (Å²) < 4.78 is 0. The van der Waals surface area contributed by atoms with Gasteiger partial charge in [-0.1, -0.05) is 6.07 Å². The Morgan fingerprint density at radius 3 is 2.84 bits per heavy atom. The molecule has 0 spiro atoms. The predicted molar refractivity (Wildman–Crippen MR) is 77.7 cm³/mol. The van der Waals surface area contributed by atoms with E-state index in [1.54, 1.807) is 12.4 Å².